The van der Waals surface area contributed by atoms with Crippen LogP contribution in [0.1, 0.15) is 40.5 Å². The number of hydrogen-bond acceptors (Lipinski definition) is 6. The van der Waals surface area contributed by atoms with Crippen molar-refractivity contribution in [1.29, 1.82) is 0 Å². The van der Waals surface area contributed by atoms with Gasteiger partial charge in [-0.3, -0.25) is 0 Å². The molecule has 4 rings (SSSR count). The van der Waals surface area contributed by atoms with E-state index < -0.39 is 0 Å². The van der Waals surface area contributed by atoms with Gasteiger partial charge in [0.15, 0.2) is 0 Å². The first-order valence-electron chi connectivity index (χ1n) is 8.37. The van der Waals surface area contributed by atoms with Crippen LogP contribution in [0.5, 0.6) is 0 Å². The molecule has 0 atom stereocenters. The van der Waals surface area contributed by atoms with Crippen molar-refractivity contribution in [2.45, 2.75) is 57.7 Å². The Morgan fingerprint density at radius 3 is 2.62 bits per heavy atom. The summed E-state index contributed by atoms with van der Waals surface area (Å²) in [6.07, 6.45) is 5.60. The molecule has 3 aromatic heterocycles. The smallest absolute Gasteiger partial charge is 0.147 e. The van der Waals surface area contributed by atoms with Crippen molar-refractivity contribution in [2.24, 2.45) is 0 Å². The average molecular weight is 341 g/mol. The molecular formula is C18H23N5S. The van der Waals surface area contributed by atoms with Gasteiger partial charge in [0.1, 0.15) is 17.0 Å². The Labute approximate surface area is 145 Å². The van der Waals surface area contributed by atoms with Crippen LogP contribution in [-0.2, 0) is 0 Å². The molecule has 1 aliphatic heterocycles. The second-order valence-electron chi connectivity index (χ2n) is 8.00. The van der Waals surface area contributed by atoms with Gasteiger partial charge in [-0.15, -0.1) is 11.3 Å². The zero-order valence-corrected chi connectivity index (χ0v) is 15.4. The zero-order chi connectivity index (χ0) is 16.9. The summed E-state index contributed by atoms with van der Waals surface area (Å²) in [7, 11) is 0. The molecule has 0 bridgehead atoms. The van der Waals surface area contributed by atoms with Gasteiger partial charge in [0.05, 0.1) is 10.2 Å². The molecule has 1 aliphatic rings. The predicted octanol–water partition coefficient (Wildman–Crippen LogP) is 3.96. The number of fused-ring (bicyclic) bond motifs is 3. The van der Waals surface area contributed by atoms with Crippen molar-refractivity contribution in [3.8, 4) is 0 Å². The van der Waals surface area contributed by atoms with E-state index >= 15 is 0 Å². The second kappa shape index (κ2) is 5.36. The first-order chi connectivity index (χ1) is 11.3. The van der Waals surface area contributed by atoms with E-state index in [9.17, 15) is 0 Å². The van der Waals surface area contributed by atoms with Gasteiger partial charge in [0, 0.05) is 28.7 Å². The molecule has 0 radical (unpaired) electrons. The van der Waals surface area contributed by atoms with E-state index in [0.717, 1.165) is 39.1 Å². The average Bonchev–Trinajstić information content (AvgIpc) is 2.84. The Kier molecular flexibility index (Phi) is 3.51. The van der Waals surface area contributed by atoms with E-state index in [4.69, 9.17) is 0 Å². The molecule has 5 nitrogen and oxygen atoms in total. The van der Waals surface area contributed by atoms with Crippen LogP contribution < -0.4 is 10.6 Å². The summed E-state index contributed by atoms with van der Waals surface area (Å²) in [4.78, 5) is 14.5. The van der Waals surface area contributed by atoms with Gasteiger partial charge in [-0.1, -0.05) is 0 Å². The summed E-state index contributed by atoms with van der Waals surface area (Å²) in [5.74, 6) is 0.932. The van der Waals surface area contributed by atoms with Gasteiger partial charge in [-0.05, 0) is 52.7 Å². The maximum Gasteiger partial charge on any atom is 0.147 e. The Bertz CT molecular complexity index is 883. The van der Waals surface area contributed by atoms with E-state index in [1.165, 1.54) is 0 Å². The third-order valence-electron chi connectivity index (χ3n) is 4.56. The molecular weight excluding hydrogens is 318 g/mol. The lowest BCUT2D eigenvalue weighted by molar-refractivity contribution is 0.170. The quantitative estimate of drug-likeness (QED) is 0.739. The molecule has 24 heavy (non-hydrogen) atoms. The zero-order valence-electron chi connectivity index (χ0n) is 14.6. The lowest BCUT2D eigenvalue weighted by Crippen LogP contribution is -2.60. The van der Waals surface area contributed by atoms with Crippen LogP contribution >= 0.6 is 11.3 Å². The van der Waals surface area contributed by atoms with Crippen molar-refractivity contribution in [1.82, 2.24) is 20.3 Å². The van der Waals surface area contributed by atoms with Crippen molar-refractivity contribution < 1.29 is 0 Å². The lowest BCUT2D eigenvalue weighted by Gasteiger charge is -2.46. The minimum atomic E-state index is 0.104. The first-order valence-corrected chi connectivity index (χ1v) is 9.19. The highest BCUT2D eigenvalue weighted by Gasteiger charge is 2.37. The highest BCUT2D eigenvalue weighted by molar-refractivity contribution is 7.25. The number of aromatic nitrogens is 3. The Morgan fingerprint density at radius 2 is 1.88 bits per heavy atom. The minimum Gasteiger partial charge on any atom is -0.366 e. The number of anilines is 1. The molecule has 1 saturated heterocycles. The number of rotatable bonds is 2. The third kappa shape index (κ3) is 2.84. The topological polar surface area (TPSA) is 62.7 Å². The molecule has 0 unspecified atom stereocenters. The van der Waals surface area contributed by atoms with Crippen LogP contribution in [-0.4, -0.2) is 32.1 Å². The van der Waals surface area contributed by atoms with Crippen molar-refractivity contribution >= 4 is 37.6 Å². The molecule has 3 aromatic rings. The Balaban J connectivity index is 1.72. The molecule has 1 fully saturated rings. The van der Waals surface area contributed by atoms with Crippen molar-refractivity contribution in [2.75, 3.05) is 5.32 Å². The van der Waals surface area contributed by atoms with Gasteiger partial charge < -0.3 is 10.6 Å². The molecule has 0 saturated carbocycles. The summed E-state index contributed by atoms with van der Waals surface area (Å²) in [5.41, 5.74) is 1.20. The largest absolute Gasteiger partial charge is 0.366 e. The fourth-order valence-corrected chi connectivity index (χ4v) is 5.18. The van der Waals surface area contributed by atoms with Crippen molar-refractivity contribution in [3.05, 3.63) is 24.7 Å². The van der Waals surface area contributed by atoms with Gasteiger partial charge in [0.25, 0.3) is 0 Å². The van der Waals surface area contributed by atoms with Crippen molar-refractivity contribution in [3.63, 3.8) is 0 Å². The van der Waals surface area contributed by atoms with Gasteiger partial charge in [0.2, 0.25) is 0 Å². The summed E-state index contributed by atoms with van der Waals surface area (Å²) in [6.45, 7) is 9.06. The summed E-state index contributed by atoms with van der Waals surface area (Å²) in [6, 6.07) is 4.42. The summed E-state index contributed by atoms with van der Waals surface area (Å²) >= 11 is 1.66. The van der Waals surface area contributed by atoms with Crippen LogP contribution in [0.25, 0.3) is 20.4 Å². The van der Waals surface area contributed by atoms with Crippen LogP contribution in [0.2, 0.25) is 0 Å². The maximum atomic E-state index is 4.53. The Hall–Kier alpha value is -1.79. The highest BCUT2D eigenvalue weighted by Crippen LogP contribution is 2.36. The molecule has 0 aromatic carbocycles. The maximum absolute atomic E-state index is 4.53. The van der Waals surface area contributed by atoms with E-state index in [-0.39, 0.29) is 11.1 Å². The van der Waals surface area contributed by atoms with Crippen LogP contribution in [0.3, 0.4) is 0 Å². The lowest BCUT2D eigenvalue weighted by atomic mass is 9.79. The molecule has 0 spiro atoms. The Morgan fingerprint density at radius 1 is 1.12 bits per heavy atom. The van der Waals surface area contributed by atoms with E-state index in [1.54, 1.807) is 17.7 Å². The number of thiophene rings is 1. The van der Waals surface area contributed by atoms with Crippen LogP contribution in [0.15, 0.2) is 24.7 Å². The standard InChI is InChI=1S/C18H23N5S/c1-17(2)8-11(9-18(3,4)23-17)22-15-14-13(20-10-21-15)12-6-5-7-19-16(12)24-14/h5-7,10-11,23H,8-9H2,1-4H3,(H,20,21,22). The molecule has 126 valence electrons. The van der Waals surface area contributed by atoms with Crippen LogP contribution in [0.4, 0.5) is 5.82 Å². The van der Waals surface area contributed by atoms with E-state index in [1.807, 2.05) is 12.3 Å². The number of nitrogens with zero attached hydrogens (tertiary/aromatic N) is 3. The first kappa shape index (κ1) is 15.7. The monoisotopic (exact) mass is 341 g/mol. The van der Waals surface area contributed by atoms with E-state index in [2.05, 4.69) is 59.3 Å². The number of nitrogens with one attached hydrogen (secondary N) is 2. The molecule has 0 amide bonds. The fraction of sp³-hybridized carbons (Fsp3) is 0.500. The SMILES string of the molecule is CC1(C)CC(Nc2ncnc3c2sc2ncccc23)CC(C)(C)N1. The minimum absolute atomic E-state index is 0.104. The van der Waals surface area contributed by atoms with Crippen LogP contribution in [0, 0.1) is 0 Å². The summed E-state index contributed by atoms with van der Waals surface area (Å²) < 4.78 is 1.10. The summed E-state index contributed by atoms with van der Waals surface area (Å²) in [5, 5.41) is 8.52. The molecule has 2 N–H and O–H groups in total. The number of hydrogen-bond donors (Lipinski definition) is 2. The van der Waals surface area contributed by atoms with Gasteiger partial charge >= 0.3 is 0 Å². The van der Waals surface area contributed by atoms with Gasteiger partial charge in [-0.2, -0.15) is 0 Å². The molecule has 6 heteroatoms. The normalized spacial score (nSPS) is 20.5. The predicted molar refractivity (Wildman–Crippen MR) is 101 cm³/mol. The molecule has 0 aliphatic carbocycles. The van der Waals surface area contributed by atoms with Gasteiger partial charge in [-0.25, -0.2) is 15.0 Å². The third-order valence-corrected chi connectivity index (χ3v) is 5.67. The van der Waals surface area contributed by atoms with E-state index in [0.29, 0.717) is 6.04 Å². The highest BCUT2D eigenvalue weighted by atomic mass is 32.1. The number of piperidine rings is 1. The number of pyridine rings is 1. The molecule has 4 heterocycles. The fourth-order valence-electron chi connectivity index (χ4n) is 4.13. The second-order valence-corrected chi connectivity index (χ2v) is 9.00.